The van der Waals surface area contributed by atoms with Gasteiger partial charge in [0.2, 0.25) is 0 Å². The van der Waals surface area contributed by atoms with Crippen molar-refractivity contribution in [1.82, 2.24) is 4.98 Å². The highest BCUT2D eigenvalue weighted by Gasteiger charge is 2.24. The van der Waals surface area contributed by atoms with Crippen molar-refractivity contribution in [3.05, 3.63) is 40.3 Å². The van der Waals surface area contributed by atoms with Gasteiger partial charge in [-0.15, -0.1) is 0 Å². The Balaban J connectivity index is 2.46. The third-order valence-electron chi connectivity index (χ3n) is 2.92. The molecule has 0 N–H and O–H groups in total. The summed E-state index contributed by atoms with van der Waals surface area (Å²) in [5, 5.41) is 0.994. The van der Waals surface area contributed by atoms with Gasteiger partial charge in [-0.3, -0.25) is 4.98 Å². The Bertz CT molecular complexity index is 558. The third kappa shape index (κ3) is 0.910. The number of benzene rings is 1. The molecule has 0 spiro atoms. The van der Waals surface area contributed by atoms with E-state index in [-0.39, 0.29) is 5.82 Å². The molecule has 1 aliphatic rings. The van der Waals surface area contributed by atoms with Crippen molar-refractivity contribution in [1.29, 1.82) is 0 Å². The molecule has 0 fully saturated rings. The van der Waals surface area contributed by atoms with Gasteiger partial charge >= 0.3 is 0 Å². The lowest BCUT2D eigenvalue weighted by Gasteiger charge is -2.00. The van der Waals surface area contributed by atoms with Crippen LogP contribution in [0.3, 0.4) is 0 Å². The first-order valence-electron chi connectivity index (χ1n) is 4.75. The van der Waals surface area contributed by atoms with Crippen LogP contribution in [0.5, 0.6) is 0 Å². The summed E-state index contributed by atoms with van der Waals surface area (Å²) < 4.78 is 13.3. The largest absolute Gasteiger partial charge is 0.253 e. The zero-order valence-electron chi connectivity index (χ0n) is 8.19. The molecule has 0 unspecified atom stereocenters. The zero-order chi connectivity index (χ0) is 9.87. The van der Waals surface area contributed by atoms with Gasteiger partial charge in [0.05, 0.1) is 5.52 Å². The van der Waals surface area contributed by atoms with Gasteiger partial charge in [0.25, 0.3) is 0 Å². The molecule has 1 aromatic carbocycles. The van der Waals surface area contributed by atoms with Crippen LogP contribution in [0.1, 0.15) is 22.4 Å². The van der Waals surface area contributed by atoms with Crippen LogP contribution in [-0.2, 0) is 6.42 Å². The molecule has 70 valence electrons. The molecule has 0 amide bonds. The van der Waals surface area contributed by atoms with E-state index >= 15 is 0 Å². The highest BCUT2D eigenvalue weighted by atomic mass is 19.1. The van der Waals surface area contributed by atoms with Gasteiger partial charge < -0.3 is 0 Å². The number of fused-ring (bicyclic) bond motifs is 3. The summed E-state index contributed by atoms with van der Waals surface area (Å²) in [5.41, 5.74) is 5.29. The van der Waals surface area contributed by atoms with Gasteiger partial charge in [-0.05, 0) is 42.7 Å². The average Bonchev–Trinajstić information content (AvgIpc) is 2.89. The smallest absolute Gasteiger partial charge is 0.126 e. The lowest BCUT2D eigenvalue weighted by molar-refractivity contribution is 0.620. The molecule has 0 saturated heterocycles. The number of nitrogens with zero attached hydrogens (tertiary/aromatic N) is 1. The summed E-state index contributed by atoms with van der Waals surface area (Å²) in [4.78, 5) is 4.46. The van der Waals surface area contributed by atoms with Gasteiger partial charge in [-0.25, -0.2) is 4.39 Å². The van der Waals surface area contributed by atoms with E-state index in [1.165, 1.54) is 11.1 Å². The first kappa shape index (κ1) is 7.92. The summed E-state index contributed by atoms with van der Waals surface area (Å²) >= 11 is 0. The summed E-state index contributed by atoms with van der Waals surface area (Å²) in [6.45, 7) is 3.79. The van der Waals surface area contributed by atoms with E-state index in [9.17, 15) is 4.39 Å². The van der Waals surface area contributed by atoms with Crippen LogP contribution >= 0.6 is 0 Å². The Kier molecular flexibility index (Phi) is 1.31. The Morgan fingerprint density at radius 2 is 2.00 bits per heavy atom. The molecule has 1 nitrogen and oxygen atoms in total. The number of pyridine rings is 1. The Morgan fingerprint density at radius 3 is 2.79 bits per heavy atom. The van der Waals surface area contributed by atoms with Crippen LogP contribution in [0.2, 0.25) is 0 Å². The Labute approximate surface area is 81.6 Å². The molecular formula is C12H10FN. The third-order valence-corrected chi connectivity index (χ3v) is 2.92. The van der Waals surface area contributed by atoms with Gasteiger partial charge in [-0.2, -0.15) is 0 Å². The van der Waals surface area contributed by atoms with E-state index in [1.807, 2.05) is 13.0 Å². The number of hydrogen-bond donors (Lipinski definition) is 0. The monoisotopic (exact) mass is 187 g/mol. The van der Waals surface area contributed by atoms with Gasteiger partial charge in [0.15, 0.2) is 0 Å². The molecular weight excluding hydrogens is 177 g/mol. The molecule has 0 saturated carbocycles. The second-order valence-electron chi connectivity index (χ2n) is 3.95. The summed E-state index contributed by atoms with van der Waals surface area (Å²) in [7, 11) is 0. The average molecular weight is 187 g/mol. The zero-order valence-corrected chi connectivity index (χ0v) is 8.19. The fourth-order valence-corrected chi connectivity index (χ4v) is 1.99. The molecule has 14 heavy (non-hydrogen) atoms. The van der Waals surface area contributed by atoms with Gasteiger partial charge in [0, 0.05) is 17.5 Å². The fraction of sp³-hybridized carbons (Fsp3) is 0.250. The van der Waals surface area contributed by atoms with Crippen molar-refractivity contribution >= 4 is 10.9 Å². The standard InChI is InChI=1S/C12H10FN/c1-6-3-12-10(5-11(6)13)9-4-8(9)7(2)14-12/h3,5H,4H2,1-2H3. The first-order chi connectivity index (χ1) is 6.66. The molecule has 2 heteroatoms. The van der Waals surface area contributed by atoms with Crippen LogP contribution in [0.25, 0.3) is 10.9 Å². The first-order valence-corrected chi connectivity index (χ1v) is 4.75. The number of aromatic nitrogens is 1. The quantitative estimate of drug-likeness (QED) is 0.527. The number of aryl methyl sites for hydroxylation is 2. The maximum atomic E-state index is 13.3. The van der Waals surface area contributed by atoms with Crippen molar-refractivity contribution in [3.63, 3.8) is 0 Å². The molecule has 2 aromatic rings. The SMILES string of the molecule is Cc1cc2nc(C)c3c(c2cc1F)C3. The van der Waals surface area contributed by atoms with E-state index < -0.39 is 0 Å². The van der Waals surface area contributed by atoms with Crippen LogP contribution < -0.4 is 0 Å². The van der Waals surface area contributed by atoms with Gasteiger partial charge in [-0.1, -0.05) is 0 Å². The highest BCUT2D eigenvalue weighted by Crippen LogP contribution is 2.37. The molecule has 0 radical (unpaired) electrons. The van der Waals surface area contributed by atoms with Crippen molar-refractivity contribution in [2.45, 2.75) is 20.3 Å². The van der Waals surface area contributed by atoms with E-state index in [0.29, 0.717) is 5.56 Å². The molecule has 0 bridgehead atoms. The lowest BCUT2D eigenvalue weighted by atomic mass is 10.1. The molecule has 0 atom stereocenters. The lowest BCUT2D eigenvalue weighted by Crippen LogP contribution is -1.87. The molecule has 3 rings (SSSR count). The summed E-state index contributed by atoms with van der Waals surface area (Å²) in [5.74, 6) is -0.128. The van der Waals surface area contributed by atoms with Crippen molar-refractivity contribution in [2.24, 2.45) is 0 Å². The minimum Gasteiger partial charge on any atom is -0.253 e. The maximum Gasteiger partial charge on any atom is 0.126 e. The van der Waals surface area contributed by atoms with E-state index in [0.717, 1.165) is 23.0 Å². The number of halogens is 1. The minimum atomic E-state index is -0.128. The topological polar surface area (TPSA) is 12.9 Å². The van der Waals surface area contributed by atoms with Crippen LogP contribution in [0, 0.1) is 19.7 Å². The normalized spacial score (nSPS) is 13.1. The summed E-state index contributed by atoms with van der Waals surface area (Å²) in [6.07, 6.45) is 0.991. The van der Waals surface area contributed by atoms with Crippen molar-refractivity contribution in [3.8, 4) is 0 Å². The number of rotatable bonds is 0. The second-order valence-corrected chi connectivity index (χ2v) is 3.95. The predicted octanol–water partition coefficient (Wildman–Crippen LogP) is 2.89. The second kappa shape index (κ2) is 2.32. The van der Waals surface area contributed by atoms with Gasteiger partial charge in [0.1, 0.15) is 5.82 Å². The van der Waals surface area contributed by atoms with Crippen molar-refractivity contribution < 1.29 is 4.39 Å². The maximum absolute atomic E-state index is 13.3. The predicted molar refractivity (Wildman–Crippen MR) is 54.0 cm³/mol. The summed E-state index contributed by atoms with van der Waals surface area (Å²) in [6, 6.07) is 3.44. The minimum absolute atomic E-state index is 0.128. The Morgan fingerprint density at radius 1 is 1.21 bits per heavy atom. The van der Waals surface area contributed by atoms with Crippen LogP contribution in [0.15, 0.2) is 12.1 Å². The van der Waals surface area contributed by atoms with Crippen LogP contribution in [0.4, 0.5) is 4.39 Å². The van der Waals surface area contributed by atoms with E-state index in [1.54, 1.807) is 13.0 Å². The molecule has 1 heterocycles. The van der Waals surface area contributed by atoms with Crippen LogP contribution in [-0.4, -0.2) is 4.98 Å². The van der Waals surface area contributed by atoms with Crippen molar-refractivity contribution in [2.75, 3.05) is 0 Å². The highest BCUT2D eigenvalue weighted by molar-refractivity contribution is 5.88. The fourth-order valence-electron chi connectivity index (χ4n) is 1.99. The Hall–Kier alpha value is -1.44. The molecule has 1 aliphatic carbocycles. The number of hydrogen-bond acceptors (Lipinski definition) is 1. The molecule has 0 aliphatic heterocycles. The van der Waals surface area contributed by atoms with E-state index in [2.05, 4.69) is 4.98 Å². The molecule has 1 aromatic heterocycles. The van der Waals surface area contributed by atoms with E-state index in [4.69, 9.17) is 0 Å².